The molecule has 1 aliphatic carbocycles. The van der Waals surface area contributed by atoms with Crippen molar-refractivity contribution in [3.8, 4) is 0 Å². The summed E-state index contributed by atoms with van der Waals surface area (Å²) >= 11 is 3.50. The molecule has 1 aliphatic rings. The van der Waals surface area contributed by atoms with E-state index in [9.17, 15) is 5.11 Å². The van der Waals surface area contributed by atoms with Crippen LogP contribution in [0.25, 0.3) is 0 Å². The van der Waals surface area contributed by atoms with Crippen LogP contribution in [-0.4, -0.2) is 34.3 Å². The Balaban J connectivity index is 1.94. The van der Waals surface area contributed by atoms with Crippen molar-refractivity contribution >= 4 is 27.6 Å². The minimum Gasteiger partial charge on any atom is -0.393 e. The lowest BCUT2D eigenvalue weighted by Crippen LogP contribution is -2.14. The standard InChI is InChI=1S/C12H19BrN4O/c1-2-14-11-10(13)12(17-7-16-11)15-6-8-3-4-9(18)5-8/h7-9,18H,2-6H2,1H3,(H2,14,15,16,17). The minimum atomic E-state index is -0.122. The van der Waals surface area contributed by atoms with E-state index in [0.717, 1.165) is 48.5 Å². The van der Waals surface area contributed by atoms with Crippen LogP contribution in [0.1, 0.15) is 26.2 Å². The molecule has 0 amide bonds. The maximum absolute atomic E-state index is 9.49. The van der Waals surface area contributed by atoms with E-state index in [-0.39, 0.29) is 6.10 Å². The van der Waals surface area contributed by atoms with Crippen LogP contribution in [0.15, 0.2) is 10.8 Å². The van der Waals surface area contributed by atoms with Gasteiger partial charge in [0.1, 0.15) is 22.4 Å². The number of hydrogen-bond donors (Lipinski definition) is 3. The predicted octanol–water partition coefficient (Wildman–Crippen LogP) is 2.24. The average molecular weight is 315 g/mol. The van der Waals surface area contributed by atoms with Gasteiger partial charge in [0.2, 0.25) is 0 Å². The topological polar surface area (TPSA) is 70.1 Å². The summed E-state index contributed by atoms with van der Waals surface area (Å²) in [5.41, 5.74) is 0. The van der Waals surface area contributed by atoms with Gasteiger partial charge in [-0.05, 0) is 48.0 Å². The van der Waals surface area contributed by atoms with Crippen molar-refractivity contribution in [1.29, 1.82) is 0 Å². The molecule has 5 nitrogen and oxygen atoms in total. The second-order valence-corrected chi connectivity index (χ2v) is 5.42. The molecular weight excluding hydrogens is 296 g/mol. The normalized spacial score (nSPS) is 23.1. The van der Waals surface area contributed by atoms with Crippen molar-refractivity contribution in [2.75, 3.05) is 23.7 Å². The molecule has 0 aromatic carbocycles. The van der Waals surface area contributed by atoms with Gasteiger partial charge in [0.05, 0.1) is 6.10 Å². The number of anilines is 2. The summed E-state index contributed by atoms with van der Waals surface area (Å²) in [4.78, 5) is 8.40. The van der Waals surface area contributed by atoms with Crippen LogP contribution in [0.3, 0.4) is 0 Å². The maximum Gasteiger partial charge on any atom is 0.145 e. The van der Waals surface area contributed by atoms with E-state index < -0.39 is 0 Å². The third kappa shape index (κ3) is 3.32. The smallest absolute Gasteiger partial charge is 0.145 e. The summed E-state index contributed by atoms with van der Waals surface area (Å²) in [6.45, 7) is 3.70. The number of nitrogens with one attached hydrogen (secondary N) is 2. The fourth-order valence-electron chi connectivity index (χ4n) is 2.26. The molecule has 2 unspecified atom stereocenters. The molecule has 100 valence electrons. The lowest BCUT2D eigenvalue weighted by atomic mass is 10.1. The Morgan fingerprint density at radius 2 is 2.06 bits per heavy atom. The van der Waals surface area contributed by atoms with E-state index in [1.165, 1.54) is 0 Å². The molecular formula is C12H19BrN4O. The molecule has 0 saturated heterocycles. The molecule has 1 heterocycles. The van der Waals surface area contributed by atoms with Gasteiger partial charge in [0, 0.05) is 13.1 Å². The Bertz CT molecular complexity index is 402. The van der Waals surface area contributed by atoms with Crippen LogP contribution in [0.4, 0.5) is 11.6 Å². The van der Waals surface area contributed by atoms with Gasteiger partial charge in [-0.2, -0.15) is 0 Å². The van der Waals surface area contributed by atoms with E-state index in [4.69, 9.17) is 0 Å². The number of aliphatic hydroxyl groups is 1. The fourth-order valence-corrected chi connectivity index (χ4v) is 2.74. The second-order valence-electron chi connectivity index (χ2n) is 4.63. The third-order valence-electron chi connectivity index (χ3n) is 3.21. The van der Waals surface area contributed by atoms with Gasteiger partial charge in [0.25, 0.3) is 0 Å². The Kier molecular flexibility index (Phi) is 4.77. The molecule has 1 fully saturated rings. The fraction of sp³-hybridized carbons (Fsp3) is 0.667. The molecule has 0 bridgehead atoms. The van der Waals surface area contributed by atoms with Crippen LogP contribution >= 0.6 is 15.9 Å². The van der Waals surface area contributed by atoms with Crippen molar-refractivity contribution in [3.05, 3.63) is 10.8 Å². The van der Waals surface area contributed by atoms with E-state index in [1.807, 2.05) is 6.92 Å². The van der Waals surface area contributed by atoms with E-state index in [1.54, 1.807) is 6.33 Å². The zero-order chi connectivity index (χ0) is 13.0. The van der Waals surface area contributed by atoms with Crippen molar-refractivity contribution in [1.82, 2.24) is 9.97 Å². The van der Waals surface area contributed by atoms with Crippen molar-refractivity contribution < 1.29 is 5.11 Å². The quantitative estimate of drug-likeness (QED) is 0.777. The molecule has 2 atom stereocenters. The highest BCUT2D eigenvalue weighted by molar-refractivity contribution is 9.10. The summed E-state index contributed by atoms with van der Waals surface area (Å²) in [5, 5.41) is 16.0. The maximum atomic E-state index is 9.49. The first-order valence-electron chi connectivity index (χ1n) is 6.37. The van der Waals surface area contributed by atoms with Gasteiger partial charge in [-0.25, -0.2) is 9.97 Å². The first-order chi connectivity index (χ1) is 8.70. The SMILES string of the molecule is CCNc1ncnc(NCC2CCC(O)C2)c1Br. The molecule has 0 aliphatic heterocycles. The van der Waals surface area contributed by atoms with Gasteiger partial charge < -0.3 is 15.7 Å². The van der Waals surface area contributed by atoms with Crippen LogP contribution in [0, 0.1) is 5.92 Å². The van der Waals surface area contributed by atoms with Crippen molar-refractivity contribution in [3.63, 3.8) is 0 Å². The van der Waals surface area contributed by atoms with Crippen molar-refractivity contribution in [2.24, 2.45) is 5.92 Å². The summed E-state index contributed by atoms with van der Waals surface area (Å²) < 4.78 is 0.866. The molecule has 6 heteroatoms. The molecule has 2 rings (SSSR count). The van der Waals surface area contributed by atoms with Crippen LogP contribution < -0.4 is 10.6 Å². The lowest BCUT2D eigenvalue weighted by Gasteiger charge is -2.14. The van der Waals surface area contributed by atoms with Crippen LogP contribution in [0.5, 0.6) is 0 Å². The van der Waals surface area contributed by atoms with Crippen molar-refractivity contribution in [2.45, 2.75) is 32.3 Å². The molecule has 0 radical (unpaired) electrons. The number of aromatic nitrogens is 2. The summed E-state index contributed by atoms with van der Waals surface area (Å²) in [6, 6.07) is 0. The van der Waals surface area contributed by atoms with E-state index in [2.05, 4.69) is 36.5 Å². The average Bonchev–Trinajstić information content (AvgIpc) is 2.77. The number of hydrogen-bond acceptors (Lipinski definition) is 5. The highest BCUT2D eigenvalue weighted by Crippen LogP contribution is 2.29. The molecule has 1 saturated carbocycles. The number of rotatable bonds is 5. The monoisotopic (exact) mass is 314 g/mol. The van der Waals surface area contributed by atoms with E-state index in [0.29, 0.717) is 5.92 Å². The largest absolute Gasteiger partial charge is 0.393 e. The van der Waals surface area contributed by atoms with Gasteiger partial charge in [0.15, 0.2) is 0 Å². The van der Waals surface area contributed by atoms with Crippen LogP contribution in [-0.2, 0) is 0 Å². The lowest BCUT2D eigenvalue weighted by molar-refractivity contribution is 0.178. The predicted molar refractivity (Wildman–Crippen MR) is 75.7 cm³/mol. The zero-order valence-electron chi connectivity index (χ0n) is 10.5. The molecule has 0 spiro atoms. The molecule has 1 aromatic rings. The first-order valence-corrected chi connectivity index (χ1v) is 7.16. The Morgan fingerprint density at radius 1 is 1.33 bits per heavy atom. The van der Waals surface area contributed by atoms with Gasteiger partial charge in [-0.1, -0.05) is 0 Å². The van der Waals surface area contributed by atoms with Gasteiger partial charge >= 0.3 is 0 Å². The zero-order valence-corrected chi connectivity index (χ0v) is 12.1. The second kappa shape index (κ2) is 6.33. The molecule has 1 aromatic heterocycles. The molecule has 3 N–H and O–H groups in total. The summed E-state index contributed by atoms with van der Waals surface area (Å²) in [5.74, 6) is 2.15. The minimum absolute atomic E-state index is 0.122. The number of aliphatic hydroxyl groups excluding tert-OH is 1. The Hall–Kier alpha value is -0.880. The summed E-state index contributed by atoms with van der Waals surface area (Å²) in [6.07, 6.45) is 4.31. The Morgan fingerprint density at radius 3 is 2.67 bits per heavy atom. The van der Waals surface area contributed by atoms with Gasteiger partial charge in [-0.15, -0.1) is 0 Å². The van der Waals surface area contributed by atoms with Crippen LogP contribution in [0.2, 0.25) is 0 Å². The summed E-state index contributed by atoms with van der Waals surface area (Å²) in [7, 11) is 0. The third-order valence-corrected chi connectivity index (χ3v) is 3.96. The highest BCUT2D eigenvalue weighted by Gasteiger charge is 2.22. The first kappa shape index (κ1) is 13.5. The molecule has 18 heavy (non-hydrogen) atoms. The van der Waals surface area contributed by atoms with E-state index >= 15 is 0 Å². The van der Waals surface area contributed by atoms with Gasteiger partial charge in [-0.3, -0.25) is 0 Å². The number of nitrogens with zero attached hydrogens (tertiary/aromatic N) is 2. The highest BCUT2D eigenvalue weighted by atomic mass is 79.9. The Labute approximate surface area is 116 Å². The number of halogens is 1.